The monoisotopic (exact) mass is 247 g/mol. The van der Waals surface area contributed by atoms with Crippen LogP contribution < -0.4 is 5.32 Å². The highest BCUT2D eigenvalue weighted by Crippen LogP contribution is 2.33. The number of hydrogen-bond donors (Lipinski definition) is 1. The maximum absolute atomic E-state index is 6.44. The lowest BCUT2D eigenvalue weighted by Gasteiger charge is -2.41. The van der Waals surface area contributed by atoms with Crippen LogP contribution in [0.15, 0.2) is 24.3 Å². The van der Waals surface area contributed by atoms with Gasteiger partial charge in [-0.05, 0) is 30.4 Å². The first-order valence-electron chi connectivity index (χ1n) is 7.21. The van der Waals surface area contributed by atoms with Crippen molar-refractivity contribution in [1.29, 1.82) is 0 Å². The quantitative estimate of drug-likeness (QED) is 0.879. The molecule has 1 aliphatic heterocycles. The van der Waals surface area contributed by atoms with Gasteiger partial charge in [0.1, 0.15) is 0 Å². The molecular formula is C16H25NO. The molecule has 1 saturated heterocycles. The van der Waals surface area contributed by atoms with Crippen molar-refractivity contribution in [3.63, 3.8) is 0 Å². The first-order chi connectivity index (χ1) is 8.74. The average molecular weight is 247 g/mol. The third-order valence-electron chi connectivity index (χ3n) is 4.24. The average Bonchev–Trinajstić information content (AvgIpc) is 2.47. The second-order valence-corrected chi connectivity index (χ2v) is 5.18. The van der Waals surface area contributed by atoms with Crippen molar-refractivity contribution in [3.8, 4) is 0 Å². The molecule has 2 rings (SSSR count). The highest BCUT2D eigenvalue weighted by Gasteiger charge is 2.35. The lowest BCUT2D eigenvalue weighted by molar-refractivity contribution is -0.122. The van der Waals surface area contributed by atoms with Gasteiger partial charge >= 0.3 is 0 Å². The van der Waals surface area contributed by atoms with Gasteiger partial charge in [-0.1, -0.05) is 45.0 Å². The smallest absolute Gasteiger partial charge is 0.0960 e. The second-order valence-electron chi connectivity index (χ2n) is 5.18. The fraction of sp³-hybridized carbons (Fsp3) is 0.625. The van der Waals surface area contributed by atoms with Crippen molar-refractivity contribution < 1.29 is 4.74 Å². The van der Waals surface area contributed by atoms with Crippen LogP contribution in [-0.2, 0) is 11.2 Å². The lowest BCUT2D eigenvalue weighted by atomic mass is 9.92. The molecule has 1 unspecified atom stereocenters. The van der Waals surface area contributed by atoms with Crippen LogP contribution in [0.5, 0.6) is 0 Å². The minimum Gasteiger partial charge on any atom is -0.364 e. The molecule has 1 fully saturated rings. The van der Waals surface area contributed by atoms with Crippen LogP contribution in [-0.4, -0.2) is 18.7 Å². The molecule has 2 nitrogen and oxygen atoms in total. The third-order valence-corrected chi connectivity index (χ3v) is 4.24. The van der Waals surface area contributed by atoms with Gasteiger partial charge in [0.2, 0.25) is 0 Å². The fourth-order valence-electron chi connectivity index (χ4n) is 2.83. The molecule has 0 saturated carbocycles. The zero-order valence-corrected chi connectivity index (χ0v) is 11.8. The Morgan fingerprint density at radius 2 is 1.94 bits per heavy atom. The number of ether oxygens (including phenoxy) is 1. The minimum absolute atomic E-state index is 0.0176. The molecule has 100 valence electrons. The summed E-state index contributed by atoms with van der Waals surface area (Å²) in [4.78, 5) is 0. The van der Waals surface area contributed by atoms with Crippen molar-refractivity contribution in [2.24, 2.45) is 0 Å². The van der Waals surface area contributed by atoms with Crippen LogP contribution in [0.25, 0.3) is 0 Å². The Hall–Kier alpha value is -0.860. The molecule has 1 atom stereocenters. The number of hydrogen-bond acceptors (Lipinski definition) is 2. The van der Waals surface area contributed by atoms with Crippen molar-refractivity contribution >= 4 is 0 Å². The van der Waals surface area contributed by atoms with Crippen LogP contribution in [0.2, 0.25) is 0 Å². The van der Waals surface area contributed by atoms with Gasteiger partial charge in [0, 0.05) is 13.1 Å². The highest BCUT2D eigenvalue weighted by atomic mass is 16.5. The van der Waals surface area contributed by atoms with Gasteiger partial charge in [-0.15, -0.1) is 0 Å². The van der Waals surface area contributed by atoms with E-state index in [1.807, 2.05) is 0 Å². The lowest BCUT2D eigenvalue weighted by Crippen LogP contribution is -2.50. The topological polar surface area (TPSA) is 21.3 Å². The molecule has 2 heteroatoms. The Kier molecular flexibility index (Phi) is 4.41. The van der Waals surface area contributed by atoms with E-state index in [-0.39, 0.29) is 11.7 Å². The predicted molar refractivity (Wildman–Crippen MR) is 75.8 cm³/mol. The maximum atomic E-state index is 6.44. The van der Waals surface area contributed by atoms with Crippen molar-refractivity contribution in [3.05, 3.63) is 35.4 Å². The van der Waals surface area contributed by atoms with Crippen LogP contribution in [0.3, 0.4) is 0 Å². The molecule has 0 bridgehead atoms. The maximum Gasteiger partial charge on any atom is 0.0960 e. The summed E-state index contributed by atoms with van der Waals surface area (Å²) in [6.07, 6.45) is 3.42. The number of benzene rings is 1. The largest absolute Gasteiger partial charge is 0.364 e. The molecule has 0 radical (unpaired) electrons. The van der Waals surface area contributed by atoms with E-state index in [1.54, 1.807) is 0 Å². The van der Waals surface area contributed by atoms with Gasteiger partial charge in [-0.2, -0.15) is 0 Å². The second kappa shape index (κ2) is 5.85. The number of nitrogens with one attached hydrogen (secondary N) is 1. The Balaban J connectivity index is 2.23. The molecule has 1 aromatic carbocycles. The van der Waals surface area contributed by atoms with E-state index in [1.165, 1.54) is 11.1 Å². The Morgan fingerprint density at radius 1 is 1.22 bits per heavy atom. The van der Waals surface area contributed by atoms with Crippen LogP contribution in [0.1, 0.15) is 50.8 Å². The van der Waals surface area contributed by atoms with E-state index >= 15 is 0 Å². The first-order valence-corrected chi connectivity index (χ1v) is 7.21. The molecule has 1 aliphatic rings. The Bertz CT molecular complexity index is 384. The van der Waals surface area contributed by atoms with Crippen molar-refractivity contribution in [2.75, 3.05) is 13.1 Å². The molecule has 1 heterocycles. The van der Waals surface area contributed by atoms with Crippen molar-refractivity contribution in [2.45, 2.75) is 51.7 Å². The van der Waals surface area contributed by atoms with E-state index in [4.69, 9.17) is 4.74 Å². The minimum atomic E-state index is 0.0176. The number of aryl methyl sites for hydroxylation is 1. The predicted octanol–water partition coefficient (Wildman–Crippen LogP) is 3.47. The fourth-order valence-corrected chi connectivity index (χ4v) is 2.83. The summed E-state index contributed by atoms with van der Waals surface area (Å²) >= 11 is 0. The van der Waals surface area contributed by atoms with Gasteiger partial charge in [-0.3, -0.25) is 0 Å². The summed E-state index contributed by atoms with van der Waals surface area (Å²) in [6, 6.07) is 8.66. The van der Waals surface area contributed by atoms with Crippen molar-refractivity contribution in [1.82, 2.24) is 5.32 Å². The van der Waals surface area contributed by atoms with Gasteiger partial charge in [0.25, 0.3) is 0 Å². The summed E-state index contributed by atoms with van der Waals surface area (Å²) in [5, 5.41) is 3.55. The highest BCUT2D eigenvalue weighted by molar-refractivity contribution is 5.30. The molecule has 0 aliphatic carbocycles. The molecule has 0 spiro atoms. The zero-order chi connectivity index (χ0) is 13.0. The van der Waals surface area contributed by atoms with Crippen LogP contribution in [0.4, 0.5) is 0 Å². The molecule has 1 N–H and O–H groups in total. The van der Waals surface area contributed by atoms with Crippen LogP contribution in [0, 0.1) is 0 Å². The van der Waals surface area contributed by atoms with Gasteiger partial charge < -0.3 is 10.1 Å². The summed E-state index contributed by atoms with van der Waals surface area (Å²) in [5.74, 6) is 0. The van der Waals surface area contributed by atoms with Gasteiger partial charge in [-0.25, -0.2) is 0 Å². The summed E-state index contributed by atoms with van der Waals surface area (Å²) in [6.45, 7) is 8.56. The number of morpholine rings is 1. The summed E-state index contributed by atoms with van der Waals surface area (Å²) < 4.78 is 6.44. The Labute approximate surface area is 111 Å². The molecule has 0 amide bonds. The number of rotatable bonds is 4. The summed E-state index contributed by atoms with van der Waals surface area (Å²) in [5.41, 5.74) is 2.79. The first kappa shape index (κ1) is 13.6. The van der Waals surface area contributed by atoms with E-state index in [2.05, 4.69) is 50.4 Å². The summed E-state index contributed by atoms with van der Waals surface area (Å²) in [7, 11) is 0. The SMILES string of the molecule is CCc1ccccc1C1CNCC(CC)(CC)O1. The normalized spacial score (nSPS) is 22.9. The molecular weight excluding hydrogens is 222 g/mol. The van der Waals surface area contributed by atoms with E-state index in [0.717, 1.165) is 32.4 Å². The van der Waals surface area contributed by atoms with E-state index in [9.17, 15) is 0 Å². The van der Waals surface area contributed by atoms with Crippen LogP contribution >= 0.6 is 0 Å². The zero-order valence-electron chi connectivity index (χ0n) is 11.8. The molecule has 0 aromatic heterocycles. The van der Waals surface area contributed by atoms with E-state index < -0.39 is 0 Å². The standard InChI is InChI=1S/C16H25NO/c1-4-13-9-7-8-10-14(13)15-11-17-12-16(5-2,6-3)18-15/h7-10,15,17H,4-6,11-12H2,1-3H3. The van der Waals surface area contributed by atoms with Gasteiger partial charge in [0.05, 0.1) is 11.7 Å². The Morgan fingerprint density at radius 3 is 2.61 bits per heavy atom. The van der Waals surface area contributed by atoms with E-state index in [0.29, 0.717) is 0 Å². The molecule has 1 aromatic rings. The molecule has 18 heavy (non-hydrogen) atoms. The third kappa shape index (κ3) is 2.60. The van der Waals surface area contributed by atoms with Gasteiger partial charge in [0.15, 0.2) is 0 Å².